The molecule has 0 bridgehead atoms. The molecule has 18 heavy (non-hydrogen) atoms. The van der Waals surface area contributed by atoms with Crippen LogP contribution in [0.15, 0.2) is 24.3 Å². The number of rotatable bonds is 2. The van der Waals surface area contributed by atoms with Gasteiger partial charge in [0.15, 0.2) is 0 Å². The van der Waals surface area contributed by atoms with Crippen molar-refractivity contribution in [2.45, 2.75) is 12.8 Å². The first kappa shape index (κ1) is 13.7. The van der Waals surface area contributed by atoms with Gasteiger partial charge in [0.1, 0.15) is 0 Å². The molecule has 0 aliphatic carbocycles. The lowest BCUT2D eigenvalue weighted by molar-refractivity contribution is 0.0702. The van der Waals surface area contributed by atoms with Crippen LogP contribution in [0.1, 0.15) is 23.2 Å². The van der Waals surface area contributed by atoms with E-state index in [2.05, 4.69) is 22.6 Å². The molecule has 1 fully saturated rings. The quantitative estimate of drug-likeness (QED) is 0.639. The lowest BCUT2D eigenvalue weighted by Gasteiger charge is -2.32. The molecular weight excluding hydrogens is 359 g/mol. The molecule has 1 unspecified atom stereocenters. The highest BCUT2D eigenvalue weighted by Crippen LogP contribution is 2.21. The fourth-order valence-electron chi connectivity index (χ4n) is 2.20. The van der Waals surface area contributed by atoms with Crippen molar-refractivity contribution in [1.29, 1.82) is 0 Å². The van der Waals surface area contributed by atoms with Gasteiger partial charge in [-0.3, -0.25) is 4.79 Å². The van der Waals surface area contributed by atoms with Gasteiger partial charge in [0.25, 0.3) is 5.91 Å². The van der Waals surface area contributed by atoms with Crippen LogP contribution >= 0.6 is 34.8 Å². The van der Waals surface area contributed by atoms with E-state index in [9.17, 15) is 4.79 Å². The summed E-state index contributed by atoms with van der Waals surface area (Å²) in [6.07, 6.45) is 1.96. The van der Waals surface area contributed by atoms with E-state index < -0.39 is 0 Å². The molecular formula is C13H15IN2OS. The first-order valence-electron chi connectivity index (χ1n) is 5.92. The molecule has 5 heteroatoms. The number of carbonyl (C=O) groups is 1. The normalized spacial score (nSPS) is 19.6. The van der Waals surface area contributed by atoms with Crippen LogP contribution in [0, 0.1) is 9.49 Å². The van der Waals surface area contributed by atoms with Gasteiger partial charge in [0.2, 0.25) is 0 Å². The lowest BCUT2D eigenvalue weighted by atomic mass is 9.97. The van der Waals surface area contributed by atoms with Crippen molar-refractivity contribution in [3.05, 3.63) is 33.4 Å². The second kappa shape index (κ2) is 5.97. The predicted octanol–water partition coefficient (Wildman–Crippen LogP) is 2.43. The Hall–Kier alpha value is -0.690. The highest BCUT2D eigenvalue weighted by molar-refractivity contribution is 14.1. The largest absolute Gasteiger partial charge is 0.393 e. The van der Waals surface area contributed by atoms with Crippen molar-refractivity contribution in [1.82, 2.24) is 4.90 Å². The zero-order valence-corrected chi connectivity index (χ0v) is 12.9. The Labute approximate surface area is 126 Å². The number of nitrogens with zero attached hydrogens (tertiary/aromatic N) is 1. The molecule has 1 aliphatic rings. The highest BCUT2D eigenvalue weighted by Gasteiger charge is 2.26. The minimum atomic E-state index is 0.0842. The van der Waals surface area contributed by atoms with E-state index >= 15 is 0 Å². The Kier molecular flexibility index (Phi) is 4.55. The van der Waals surface area contributed by atoms with Crippen LogP contribution in [0.25, 0.3) is 0 Å². The summed E-state index contributed by atoms with van der Waals surface area (Å²) in [4.78, 5) is 14.8. The SMILES string of the molecule is NC(=S)C1CCCN(C(=O)c2ccccc2I)C1. The second-order valence-electron chi connectivity index (χ2n) is 4.47. The first-order chi connectivity index (χ1) is 8.59. The molecule has 2 N–H and O–H groups in total. The van der Waals surface area contributed by atoms with Crippen LogP contribution in [0.3, 0.4) is 0 Å². The molecule has 0 radical (unpaired) electrons. The first-order valence-corrected chi connectivity index (χ1v) is 7.41. The zero-order chi connectivity index (χ0) is 13.1. The summed E-state index contributed by atoms with van der Waals surface area (Å²) >= 11 is 7.23. The van der Waals surface area contributed by atoms with Crippen LogP contribution in [0.2, 0.25) is 0 Å². The summed E-state index contributed by atoms with van der Waals surface area (Å²) in [5.74, 6) is 0.250. The van der Waals surface area contributed by atoms with E-state index in [1.165, 1.54) is 0 Å². The predicted molar refractivity (Wildman–Crippen MR) is 84.6 cm³/mol. The van der Waals surface area contributed by atoms with Crippen molar-refractivity contribution < 1.29 is 4.79 Å². The van der Waals surface area contributed by atoms with Gasteiger partial charge in [-0.25, -0.2) is 0 Å². The molecule has 3 nitrogen and oxygen atoms in total. The maximum Gasteiger partial charge on any atom is 0.254 e. The van der Waals surface area contributed by atoms with Crippen LogP contribution in [-0.4, -0.2) is 28.9 Å². The number of hydrogen-bond donors (Lipinski definition) is 1. The van der Waals surface area contributed by atoms with Gasteiger partial charge in [-0.05, 0) is 47.6 Å². The Bertz CT molecular complexity index is 478. The van der Waals surface area contributed by atoms with Crippen molar-refractivity contribution in [3.63, 3.8) is 0 Å². The summed E-state index contributed by atoms with van der Waals surface area (Å²) < 4.78 is 0.984. The number of thiocarbonyl (C=S) groups is 1. The zero-order valence-electron chi connectivity index (χ0n) is 9.93. The van der Waals surface area contributed by atoms with Gasteiger partial charge in [0, 0.05) is 22.6 Å². The number of piperidine rings is 1. The number of carbonyl (C=O) groups excluding carboxylic acids is 1. The van der Waals surface area contributed by atoms with Crippen molar-refractivity contribution in [2.24, 2.45) is 11.7 Å². The standard InChI is InChI=1S/C13H15IN2OS/c14-11-6-2-1-5-10(11)13(17)16-7-3-4-9(8-16)12(15)18/h1-2,5-6,9H,3-4,7-8H2,(H2,15,18). The number of halogens is 1. The summed E-state index contributed by atoms with van der Waals surface area (Å²) in [6.45, 7) is 1.45. The third-order valence-electron chi connectivity index (χ3n) is 3.22. The fourth-order valence-corrected chi connectivity index (χ4v) is 3.01. The molecule has 1 aromatic carbocycles. The van der Waals surface area contributed by atoms with E-state index in [0.29, 0.717) is 11.5 Å². The third-order valence-corrected chi connectivity index (χ3v) is 4.49. The molecule has 0 aromatic heterocycles. The molecule has 1 atom stereocenters. The number of nitrogens with two attached hydrogens (primary N) is 1. The minimum Gasteiger partial charge on any atom is -0.393 e. The van der Waals surface area contributed by atoms with Crippen LogP contribution in [0.5, 0.6) is 0 Å². The van der Waals surface area contributed by atoms with E-state index in [4.69, 9.17) is 18.0 Å². The minimum absolute atomic E-state index is 0.0842. The smallest absolute Gasteiger partial charge is 0.254 e. The van der Waals surface area contributed by atoms with E-state index in [0.717, 1.165) is 28.5 Å². The van der Waals surface area contributed by atoms with Crippen molar-refractivity contribution in [2.75, 3.05) is 13.1 Å². The number of amides is 1. The van der Waals surface area contributed by atoms with Crippen molar-refractivity contribution >= 4 is 45.7 Å². The number of hydrogen-bond acceptors (Lipinski definition) is 2. The van der Waals surface area contributed by atoms with Crippen LogP contribution < -0.4 is 5.73 Å². The average Bonchev–Trinajstić information content (AvgIpc) is 2.38. The summed E-state index contributed by atoms with van der Waals surface area (Å²) in [5.41, 5.74) is 6.46. The third kappa shape index (κ3) is 3.00. The van der Waals surface area contributed by atoms with Crippen LogP contribution in [0.4, 0.5) is 0 Å². The fraction of sp³-hybridized carbons (Fsp3) is 0.385. The molecule has 1 heterocycles. The highest BCUT2D eigenvalue weighted by atomic mass is 127. The number of benzene rings is 1. The molecule has 1 saturated heterocycles. The van der Waals surface area contributed by atoms with Gasteiger partial charge >= 0.3 is 0 Å². The summed E-state index contributed by atoms with van der Waals surface area (Å²) in [6, 6.07) is 7.65. The van der Waals surface area contributed by atoms with Gasteiger partial charge < -0.3 is 10.6 Å². The second-order valence-corrected chi connectivity index (χ2v) is 6.11. The summed E-state index contributed by atoms with van der Waals surface area (Å²) in [5, 5.41) is 0. The molecule has 0 spiro atoms. The van der Waals surface area contributed by atoms with Crippen LogP contribution in [-0.2, 0) is 0 Å². The van der Waals surface area contributed by atoms with Gasteiger partial charge in [-0.1, -0.05) is 24.4 Å². The molecule has 1 aliphatic heterocycles. The lowest BCUT2D eigenvalue weighted by Crippen LogP contribution is -2.43. The van der Waals surface area contributed by atoms with E-state index in [1.807, 2.05) is 29.2 Å². The summed E-state index contributed by atoms with van der Waals surface area (Å²) in [7, 11) is 0. The molecule has 1 amide bonds. The molecule has 2 rings (SSSR count). The van der Waals surface area contributed by atoms with E-state index in [-0.39, 0.29) is 11.8 Å². The maximum absolute atomic E-state index is 12.4. The van der Waals surface area contributed by atoms with Gasteiger partial charge in [-0.2, -0.15) is 0 Å². The number of likely N-dealkylation sites (tertiary alicyclic amines) is 1. The topological polar surface area (TPSA) is 46.3 Å². The molecule has 1 aromatic rings. The monoisotopic (exact) mass is 374 g/mol. The van der Waals surface area contributed by atoms with Crippen molar-refractivity contribution in [3.8, 4) is 0 Å². The Morgan fingerprint density at radius 1 is 1.44 bits per heavy atom. The molecule has 0 saturated carbocycles. The average molecular weight is 374 g/mol. The van der Waals surface area contributed by atoms with Gasteiger partial charge in [0.05, 0.1) is 10.6 Å². The molecule has 96 valence electrons. The Morgan fingerprint density at radius 3 is 2.83 bits per heavy atom. The van der Waals surface area contributed by atoms with Gasteiger partial charge in [-0.15, -0.1) is 0 Å². The Balaban J connectivity index is 2.14. The Morgan fingerprint density at radius 2 is 2.17 bits per heavy atom. The maximum atomic E-state index is 12.4. The van der Waals surface area contributed by atoms with E-state index in [1.54, 1.807) is 0 Å².